The minimum atomic E-state index is -1.73. The maximum absolute atomic E-state index is 15.6. The van der Waals surface area contributed by atoms with Gasteiger partial charge in [-0.1, -0.05) is 30.3 Å². The van der Waals surface area contributed by atoms with Gasteiger partial charge in [0.25, 0.3) is 5.91 Å². The third-order valence-corrected chi connectivity index (χ3v) is 6.48. The summed E-state index contributed by atoms with van der Waals surface area (Å²) in [6.45, 7) is 6.29. The highest BCUT2D eigenvalue weighted by Gasteiger charge is 2.46. The molecule has 0 radical (unpaired) electrons. The summed E-state index contributed by atoms with van der Waals surface area (Å²) in [5, 5.41) is 0. The number of benzene rings is 1. The van der Waals surface area contributed by atoms with E-state index in [2.05, 4.69) is 34.1 Å². The van der Waals surface area contributed by atoms with Gasteiger partial charge in [0.15, 0.2) is 0 Å². The summed E-state index contributed by atoms with van der Waals surface area (Å²) in [7, 11) is 0. The second-order valence-electron chi connectivity index (χ2n) is 8.44. The van der Waals surface area contributed by atoms with Crippen molar-refractivity contribution in [1.82, 2.24) is 14.7 Å². The number of hydrogen-bond acceptors (Lipinski definition) is 4. The fraction of sp³-hybridized carbons (Fsp3) is 0.682. The molecule has 1 aromatic rings. The Morgan fingerprint density at radius 2 is 1.79 bits per heavy atom. The molecule has 0 N–H and O–H groups in total. The van der Waals surface area contributed by atoms with Crippen molar-refractivity contribution in [1.29, 1.82) is 0 Å². The number of hydrogen-bond donors (Lipinski definition) is 0. The molecule has 1 amide bonds. The molecule has 3 fully saturated rings. The molecule has 0 aromatic heterocycles. The van der Waals surface area contributed by atoms with Gasteiger partial charge in [-0.05, 0) is 50.9 Å². The van der Waals surface area contributed by atoms with E-state index in [9.17, 15) is 4.79 Å². The first-order valence-corrected chi connectivity index (χ1v) is 10.7. The lowest BCUT2D eigenvalue weighted by atomic mass is 9.90. The van der Waals surface area contributed by atoms with Crippen LogP contribution in [0.5, 0.6) is 0 Å². The van der Waals surface area contributed by atoms with Crippen molar-refractivity contribution in [2.24, 2.45) is 0 Å². The molecule has 5 nitrogen and oxygen atoms in total. The largest absolute Gasteiger partial charge is 0.378 e. The van der Waals surface area contributed by atoms with Crippen LogP contribution in [0.25, 0.3) is 0 Å². The summed E-state index contributed by atoms with van der Waals surface area (Å²) in [6.07, 6.45) is 3.21. The zero-order valence-corrected chi connectivity index (χ0v) is 16.7. The molecule has 154 valence electrons. The number of likely N-dealkylation sites (tertiary alicyclic amines) is 2. The number of carbonyl (C=O) groups excluding carboxylic acids is 1. The van der Waals surface area contributed by atoms with Gasteiger partial charge in [0.1, 0.15) is 0 Å². The lowest BCUT2D eigenvalue weighted by molar-refractivity contribution is -0.153. The Morgan fingerprint density at radius 3 is 2.50 bits per heavy atom. The number of rotatable bonds is 4. The van der Waals surface area contributed by atoms with Gasteiger partial charge in [-0.15, -0.1) is 0 Å². The second kappa shape index (κ2) is 8.89. The van der Waals surface area contributed by atoms with Gasteiger partial charge in [-0.25, -0.2) is 4.39 Å². The van der Waals surface area contributed by atoms with Crippen molar-refractivity contribution in [3.05, 3.63) is 35.9 Å². The Balaban J connectivity index is 1.30. The molecule has 28 heavy (non-hydrogen) atoms. The molecule has 1 atom stereocenters. The first-order chi connectivity index (χ1) is 13.6. The summed E-state index contributed by atoms with van der Waals surface area (Å²) >= 11 is 0. The van der Waals surface area contributed by atoms with Crippen LogP contribution in [-0.4, -0.2) is 84.8 Å². The summed E-state index contributed by atoms with van der Waals surface area (Å²) in [4.78, 5) is 19.2. The number of halogens is 1. The van der Waals surface area contributed by atoms with Crippen molar-refractivity contribution in [3.63, 3.8) is 0 Å². The quantitative estimate of drug-likeness (QED) is 0.792. The predicted molar refractivity (Wildman–Crippen MR) is 107 cm³/mol. The van der Waals surface area contributed by atoms with Gasteiger partial charge in [-0.3, -0.25) is 14.6 Å². The number of carbonyl (C=O) groups is 1. The van der Waals surface area contributed by atoms with E-state index in [1.807, 2.05) is 6.07 Å². The molecule has 0 bridgehead atoms. The van der Waals surface area contributed by atoms with Gasteiger partial charge in [0, 0.05) is 32.2 Å². The summed E-state index contributed by atoms with van der Waals surface area (Å²) in [5.74, 6) is -0.318. The van der Waals surface area contributed by atoms with E-state index in [0.29, 0.717) is 38.8 Å². The molecular weight excluding hydrogens is 357 g/mol. The van der Waals surface area contributed by atoms with Gasteiger partial charge in [-0.2, -0.15) is 0 Å². The van der Waals surface area contributed by atoms with Gasteiger partial charge >= 0.3 is 0 Å². The number of morpholine rings is 1. The molecule has 3 aliphatic heterocycles. The molecule has 4 rings (SSSR count). The van der Waals surface area contributed by atoms with Crippen molar-refractivity contribution in [2.45, 2.75) is 43.9 Å². The first kappa shape index (κ1) is 19.8. The average Bonchev–Trinajstić information content (AvgIpc) is 2.75. The average molecular weight is 390 g/mol. The van der Waals surface area contributed by atoms with E-state index in [4.69, 9.17) is 4.74 Å². The van der Waals surface area contributed by atoms with E-state index >= 15 is 4.39 Å². The van der Waals surface area contributed by atoms with Crippen molar-refractivity contribution in [3.8, 4) is 0 Å². The molecule has 0 spiro atoms. The van der Waals surface area contributed by atoms with Crippen LogP contribution in [0, 0.1) is 0 Å². The van der Waals surface area contributed by atoms with Crippen LogP contribution in [0.2, 0.25) is 0 Å². The van der Waals surface area contributed by atoms with Gasteiger partial charge in [0.05, 0.1) is 13.2 Å². The molecule has 0 aliphatic carbocycles. The Bertz CT molecular complexity index is 644. The summed E-state index contributed by atoms with van der Waals surface area (Å²) in [5.41, 5.74) is -0.380. The highest BCUT2D eigenvalue weighted by Crippen LogP contribution is 2.31. The maximum Gasteiger partial charge on any atom is 0.261 e. The summed E-state index contributed by atoms with van der Waals surface area (Å²) in [6, 6.07) is 11.0. The Hall–Kier alpha value is -1.50. The molecule has 3 heterocycles. The van der Waals surface area contributed by atoms with Crippen LogP contribution in [0.1, 0.15) is 31.2 Å². The van der Waals surface area contributed by atoms with Crippen LogP contribution >= 0.6 is 0 Å². The third-order valence-electron chi connectivity index (χ3n) is 6.48. The highest BCUT2D eigenvalue weighted by molar-refractivity contribution is 5.85. The SMILES string of the molecule is O=C(N1CCOCC1)C1(F)CCCN(C2CCN(Cc3ccccc3)CC2)C1. The molecule has 0 saturated carbocycles. The third kappa shape index (κ3) is 4.56. The summed E-state index contributed by atoms with van der Waals surface area (Å²) < 4.78 is 20.9. The normalized spacial score (nSPS) is 28.4. The topological polar surface area (TPSA) is 36.0 Å². The van der Waals surface area contributed by atoms with Crippen LogP contribution in [0.3, 0.4) is 0 Å². The zero-order chi connectivity index (χ0) is 19.4. The van der Waals surface area contributed by atoms with E-state index in [-0.39, 0.29) is 12.5 Å². The standard InChI is InChI=1S/C22H32FN3O2/c23-22(21(27)25-13-15-28-16-14-25)9-4-10-26(18-22)20-7-11-24(12-8-20)17-19-5-2-1-3-6-19/h1-3,5-6,20H,4,7-18H2. The first-order valence-electron chi connectivity index (χ1n) is 10.7. The van der Waals surface area contributed by atoms with Crippen LogP contribution in [0.4, 0.5) is 4.39 Å². The van der Waals surface area contributed by atoms with Crippen molar-refractivity contribution >= 4 is 5.91 Å². The fourth-order valence-corrected chi connectivity index (χ4v) is 4.86. The van der Waals surface area contributed by atoms with E-state index in [1.54, 1.807) is 4.90 Å². The molecule has 3 aliphatic rings. The molecule has 1 unspecified atom stereocenters. The van der Waals surface area contributed by atoms with Crippen LogP contribution in [0.15, 0.2) is 30.3 Å². The Morgan fingerprint density at radius 1 is 1.07 bits per heavy atom. The van der Waals surface area contributed by atoms with Crippen LogP contribution < -0.4 is 0 Å². The minimum Gasteiger partial charge on any atom is -0.378 e. The van der Waals surface area contributed by atoms with Crippen molar-refractivity contribution < 1.29 is 13.9 Å². The number of alkyl halides is 1. The van der Waals surface area contributed by atoms with Gasteiger partial charge in [0.2, 0.25) is 5.67 Å². The minimum absolute atomic E-state index is 0.256. The lowest BCUT2D eigenvalue weighted by Gasteiger charge is -2.45. The number of nitrogens with zero attached hydrogens (tertiary/aromatic N) is 3. The van der Waals surface area contributed by atoms with Crippen molar-refractivity contribution in [2.75, 3.05) is 52.5 Å². The van der Waals surface area contributed by atoms with E-state index in [1.165, 1.54) is 5.56 Å². The monoisotopic (exact) mass is 389 g/mol. The highest BCUT2D eigenvalue weighted by atomic mass is 19.1. The number of ether oxygens (including phenoxy) is 1. The Kier molecular flexibility index (Phi) is 6.28. The number of piperidine rings is 2. The lowest BCUT2D eigenvalue weighted by Crippen LogP contribution is -2.59. The number of amides is 1. The molecule has 6 heteroatoms. The molecule has 1 aromatic carbocycles. The van der Waals surface area contributed by atoms with E-state index < -0.39 is 5.67 Å². The van der Waals surface area contributed by atoms with Gasteiger partial charge < -0.3 is 9.64 Å². The van der Waals surface area contributed by atoms with Crippen LogP contribution in [-0.2, 0) is 16.1 Å². The maximum atomic E-state index is 15.6. The molecule has 3 saturated heterocycles. The fourth-order valence-electron chi connectivity index (χ4n) is 4.86. The zero-order valence-electron chi connectivity index (χ0n) is 16.7. The smallest absolute Gasteiger partial charge is 0.261 e. The second-order valence-corrected chi connectivity index (χ2v) is 8.44. The predicted octanol–water partition coefficient (Wildman–Crippen LogP) is 2.31. The molecular formula is C22H32FN3O2. The van der Waals surface area contributed by atoms with E-state index in [0.717, 1.165) is 45.4 Å². The Labute approximate surface area is 167 Å².